The minimum atomic E-state index is -0.416. The van der Waals surface area contributed by atoms with E-state index in [4.69, 9.17) is 17.0 Å². The average Bonchev–Trinajstić information content (AvgIpc) is 3.65. The third-order valence-corrected chi connectivity index (χ3v) is 6.88. The predicted molar refractivity (Wildman–Crippen MR) is 142 cm³/mol. The summed E-state index contributed by atoms with van der Waals surface area (Å²) in [4.78, 5) is 27.7. The van der Waals surface area contributed by atoms with Crippen LogP contribution in [-0.2, 0) is 14.3 Å². The molecule has 3 atom stereocenters. The van der Waals surface area contributed by atoms with Crippen molar-refractivity contribution >= 4 is 34.9 Å². The number of anilines is 1. The summed E-state index contributed by atoms with van der Waals surface area (Å²) in [6.45, 7) is 8.93. The van der Waals surface area contributed by atoms with Crippen LogP contribution in [0.3, 0.4) is 0 Å². The molecule has 184 valence electrons. The molecule has 35 heavy (non-hydrogen) atoms. The number of rotatable bonds is 8. The first-order chi connectivity index (χ1) is 16.8. The number of nitrogens with one attached hydrogen (secondary N) is 2. The minimum Gasteiger partial charge on any atom is -0.462 e. The van der Waals surface area contributed by atoms with Gasteiger partial charge in [0.05, 0.1) is 18.2 Å². The maximum atomic E-state index is 13.1. The van der Waals surface area contributed by atoms with Crippen LogP contribution >= 0.6 is 12.2 Å². The zero-order valence-electron chi connectivity index (χ0n) is 20.7. The quantitative estimate of drug-likeness (QED) is 0.393. The van der Waals surface area contributed by atoms with E-state index in [1.54, 1.807) is 0 Å². The van der Waals surface area contributed by atoms with Gasteiger partial charge in [-0.15, -0.1) is 0 Å². The number of amides is 1. The van der Waals surface area contributed by atoms with Gasteiger partial charge in [0.1, 0.15) is 0 Å². The van der Waals surface area contributed by atoms with Crippen LogP contribution in [0.2, 0.25) is 0 Å². The number of allylic oxidation sites excluding steroid dienone is 1. The van der Waals surface area contributed by atoms with Gasteiger partial charge in [-0.2, -0.15) is 0 Å². The summed E-state index contributed by atoms with van der Waals surface area (Å²) in [6.07, 6.45) is 0.872. The highest BCUT2D eigenvalue weighted by Gasteiger charge is 2.43. The maximum Gasteiger partial charge on any atom is 0.338 e. The Balaban J connectivity index is 1.48. The number of nitrogens with zero attached hydrogens (tertiary/aromatic N) is 1. The van der Waals surface area contributed by atoms with Crippen LogP contribution in [0.1, 0.15) is 57.2 Å². The SMILES string of the molecule is CCN1C(=S)N[C@H](c2ccc(NC(=O)[C@H]3C[C@H]3c3ccccc3)cc2)C(C(=O)OCC(C)C)=C1C. The predicted octanol–water partition coefficient (Wildman–Crippen LogP) is 5.15. The van der Waals surface area contributed by atoms with Gasteiger partial charge in [-0.25, -0.2) is 4.79 Å². The molecule has 7 heteroatoms. The van der Waals surface area contributed by atoms with Gasteiger partial charge in [0, 0.05) is 23.8 Å². The largest absolute Gasteiger partial charge is 0.462 e. The number of hydrogen-bond acceptors (Lipinski definition) is 4. The van der Waals surface area contributed by atoms with Gasteiger partial charge in [0.15, 0.2) is 5.11 Å². The normalized spacial score (nSPS) is 21.6. The van der Waals surface area contributed by atoms with E-state index < -0.39 is 6.04 Å². The lowest BCUT2D eigenvalue weighted by atomic mass is 9.94. The summed E-state index contributed by atoms with van der Waals surface area (Å²) < 4.78 is 5.59. The van der Waals surface area contributed by atoms with Crippen molar-refractivity contribution in [2.24, 2.45) is 11.8 Å². The highest BCUT2D eigenvalue weighted by Crippen LogP contribution is 2.47. The highest BCUT2D eigenvalue weighted by molar-refractivity contribution is 7.80. The molecule has 0 spiro atoms. The van der Waals surface area contributed by atoms with Crippen LogP contribution in [0, 0.1) is 11.8 Å². The first kappa shape index (κ1) is 24.9. The molecule has 0 radical (unpaired) electrons. The van der Waals surface area contributed by atoms with Gasteiger partial charge in [0.2, 0.25) is 5.91 Å². The lowest BCUT2D eigenvalue weighted by molar-refractivity contribution is -0.140. The molecule has 1 amide bonds. The Morgan fingerprint density at radius 2 is 1.80 bits per heavy atom. The number of ether oxygens (including phenoxy) is 1. The Hall–Kier alpha value is -3.19. The molecule has 2 aliphatic rings. The molecule has 6 nitrogen and oxygen atoms in total. The van der Waals surface area contributed by atoms with Crippen LogP contribution in [-0.4, -0.2) is 35.0 Å². The van der Waals surface area contributed by atoms with E-state index in [0.717, 1.165) is 23.4 Å². The molecular weight excluding hydrogens is 458 g/mol. The van der Waals surface area contributed by atoms with E-state index in [0.29, 0.717) is 23.8 Å². The summed E-state index contributed by atoms with van der Waals surface area (Å²) in [5.41, 5.74) is 4.18. The molecule has 0 saturated heterocycles. The van der Waals surface area contributed by atoms with Gasteiger partial charge >= 0.3 is 5.97 Å². The molecule has 4 rings (SSSR count). The molecule has 1 aliphatic heterocycles. The van der Waals surface area contributed by atoms with Gasteiger partial charge in [-0.3, -0.25) is 4.79 Å². The monoisotopic (exact) mass is 491 g/mol. The molecule has 0 bridgehead atoms. The Morgan fingerprint density at radius 1 is 1.11 bits per heavy atom. The molecule has 2 aromatic carbocycles. The Kier molecular flexibility index (Phi) is 7.55. The number of carbonyl (C=O) groups is 2. The van der Waals surface area contributed by atoms with E-state index in [-0.39, 0.29) is 29.6 Å². The second kappa shape index (κ2) is 10.6. The van der Waals surface area contributed by atoms with Crippen LogP contribution in [0.15, 0.2) is 65.9 Å². The van der Waals surface area contributed by atoms with Crippen LogP contribution in [0.5, 0.6) is 0 Å². The summed E-state index contributed by atoms with van der Waals surface area (Å²) >= 11 is 5.57. The lowest BCUT2D eigenvalue weighted by Crippen LogP contribution is -2.47. The van der Waals surface area contributed by atoms with Gasteiger partial charge < -0.3 is 20.3 Å². The molecule has 2 aromatic rings. The van der Waals surface area contributed by atoms with Crippen molar-refractivity contribution < 1.29 is 14.3 Å². The van der Waals surface area contributed by atoms with Crippen molar-refractivity contribution in [3.05, 3.63) is 77.0 Å². The molecule has 0 unspecified atom stereocenters. The molecule has 1 saturated carbocycles. The third kappa shape index (κ3) is 5.56. The Bertz CT molecular complexity index is 1130. The number of benzene rings is 2. The van der Waals surface area contributed by atoms with Crippen molar-refractivity contribution in [1.82, 2.24) is 10.2 Å². The van der Waals surface area contributed by atoms with Crippen molar-refractivity contribution in [3.63, 3.8) is 0 Å². The molecule has 1 aliphatic carbocycles. The second-order valence-corrected chi connectivity index (χ2v) is 9.98. The summed E-state index contributed by atoms with van der Waals surface area (Å²) in [7, 11) is 0. The zero-order valence-corrected chi connectivity index (χ0v) is 21.5. The maximum absolute atomic E-state index is 13.1. The third-order valence-electron chi connectivity index (χ3n) is 6.55. The second-order valence-electron chi connectivity index (χ2n) is 9.59. The number of esters is 1. The first-order valence-corrected chi connectivity index (χ1v) is 12.6. The molecule has 0 aromatic heterocycles. The van der Waals surface area contributed by atoms with Crippen molar-refractivity contribution in [2.75, 3.05) is 18.5 Å². The standard InChI is InChI=1S/C28H33N3O3S/c1-5-31-18(4)24(27(33)34-16-17(2)3)25(30-28(31)35)20-11-13-21(14-12-20)29-26(32)23-15-22(23)19-9-7-6-8-10-19/h6-14,17,22-23,25H,5,15-16H2,1-4H3,(H,29,32)(H,30,35)/t22-,23-,25+/m0/s1. The molecule has 2 N–H and O–H groups in total. The summed E-state index contributed by atoms with van der Waals surface area (Å²) in [5, 5.41) is 6.92. The first-order valence-electron chi connectivity index (χ1n) is 12.2. The molecule has 1 fully saturated rings. The summed E-state index contributed by atoms with van der Waals surface area (Å²) in [5.74, 6) is 0.233. The van der Waals surface area contributed by atoms with E-state index in [1.165, 1.54) is 5.56 Å². The number of hydrogen-bond donors (Lipinski definition) is 2. The van der Waals surface area contributed by atoms with Gasteiger partial charge in [-0.1, -0.05) is 56.3 Å². The fourth-order valence-corrected chi connectivity index (χ4v) is 4.93. The topological polar surface area (TPSA) is 70.7 Å². The Morgan fingerprint density at radius 3 is 2.43 bits per heavy atom. The van der Waals surface area contributed by atoms with Crippen molar-refractivity contribution in [3.8, 4) is 0 Å². The molecular formula is C28H33N3O3S. The number of carbonyl (C=O) groups excluding carboxylic acids is 2. The van der Waals surface area contributed by atoms with E-state index >= 15 is 0 Å². The average molecular weight is 492 g/mol. The van der Waals surface area contributed by atoms with Gasteiger partial charge in [-0.05, 0) is 67.6 Å². The fourth-order valence-electron chi connectivity index (χ4n) is 4.54. The highest BCUT2D eigenvalue weighted by atomic mass is 32.1. The van der Waals surface area contributed by atoms with Crippen molar-refractivity contribution in [2.45, 2.75) is 46.1 Å². The zero-order chi connectivity index (χ0) is 25.1. The van der Waals surface area contributed by atoms with Crippen LogP contribution in [0.4, 0.5) is 5.69 Å². The van der Waals surface area contributed by atoms with Crippen LogP contribution in [0.25, 0.3) is 0 Å². The Labute approximate surface area is 212 Å². The fraction of sp³-hybridized carbons (Fsp3) is 0.393. The van der Waals surface area contributed by atoms with E-state index in [1.807, 2.05) is 75.1 Å². The van der Waals surface area contributed by atoms with Gasteiger partial charge in [0.25, 0.3) is 0 Å². The van der Waals surface area contributed by atoms with E-state index in [9.17, 15) is 9.59 Å². The lowest BCUT2D eigenvalue weighted by Gasteiger charge is -2.37. The number of thiocarbonyl (C=S) groups is 1. The van der Waals surface area contributed by atoms with Crippen molar-refractivity contribution in [1.29, 1.82) is 0 Å². The minimum absolute atomic E-state index is 0.00222. The summed E-state index contributed by atoms with van der Waals surface area (Å²) in [6, 6.07) is 17.3. The molecule has 1 heterocycles. The smallest absolute Gasteiger partial charge is 0.338 e. The van der Waals surface area contributed by atoms with Crippen LogP contribution < -0.4 is 10.6 Å². The van der Waals surface area contributed by atoms with E-state index in [2.05, 4.69) is 22.8 Å².